The van der Waals surface area contributed by atoms with Crippen LogP contribution < -0.4 is 10.6 Å². The van der Waals surface area contributed by atoms with E-state index in [1.165, 1.54) is 0 Å². The zero-order chi connectivity index (χ0) is 9.10. The molecule has 0 aromatic heterocycles. The number of nitrogens with one attached hydrogen (secondary N) is 2. The summed E-state index contributed by atoms with van der Waals surface area (Å²) in [6.07, 6.45) is 3.39. The third kappa shape index (κ3) is 2.21. The molecule has 2 rings (SSSR count). The van der Waals surface area contributed by atoms with E-state index in [0.29, 0.717) is 6.17 Å². The maximum atomic E-state index is 5.50. The number of nitrogens with zero attached hydrogens (tertiary/aromatic N) is 2. The fourth-order valence-electron chi connectivity index (χ4n) is 1.80. The van der Waals surface area contributed by atoms with E-state index in [1.54, 1.807) is 5.54 Å². The molecule has 2 aliphatic heterocycles. The van der Waals surface area contributed by atoms with E-state index in [9.17, 15) is 0 Å². The Hall–Kier alpha value is -0.130. The van der Waals surface area contributed by atoms with Gasteiger partial charge in [0.1, 0.15) is 0 Å². The van der Waals surface area contributed by atoms with Gasteiger partial charge in [0.25, 0.3) is 0 Å². The molecule has 2 bridgehead atoms. The van der Waals surface area contributed by atoms with E-state index in [1.807, 2.05) is 6.08 Å². The van der Waals surface area contributed by atoms with Gasteiger partial charge in [0.2, 0.25) is 0 Å². The van der Waals surface area contributed by atoms with Crippen LogP contribution >= 0.6 is 11.6 Å². The summed E-state index contributed by atoms with van der Waals surface area (Å²) < 4.78 is 0. The summed E-state index contributed by atoms with van der Waals surface area (Å²) >= 11 is 5.50. The molecule has 0 aromatic carbocycles. The molecule has 0 aliphatic carbocycles. The number of fused-ring (bicyclic) bond motifs is 2. The fourth-order valence-corrected chi connectivity index (χ4v) is 1.90. The minimum atomic E-state index is 0.430. The van der Waals surface area contributed by atoms with Crippen molar-refractivity contribution in [1.29, 1.82) is 0 Å². The Morgan fingerprint density at radius 3 is 3.15 bits per heavy atom. The molecule has 2 heterocycles. The first kappa shape index (κ1) is 9.43. The molecule has 3 unspecified atom stereocenters. The van der Waals surface area contributed by atoms with Crippen molar-refractivity contribution in [3.05, 3.63) is 11.6 Å². The van der Waals surface area contributed by atoms with Gasteiger partial charge in [0, 0.05) is 5.54 Å². The van der Waals surface area contributed by atoms with E-state index in [-0.39, 0.29) is 0 Å². The third-order valence-electron chi connectivity index (χ3n) is 2.47. The molecular weight excluding hydrogens is 188 g/mol. The van der Waals surface area contributed by atoms with Crippen LogP contribution in [0.15, 0.2) is 11.6 Å². The molecule has 0 aromatic rings. The predicted molar refractivity (Wildman–Crippen MR) is 52.8 cm³/mol. The van der Waals surface area contributed by atoms with Gasteiger partial charge >= 0.3 is 0 Å². The molecule has 4 nitrogen and oxygen atoms in total. The number of hydrogen-bond donors (Lipinski definition) is 2. The van der Waals surface area contributed by atoms with Gasteiger partial charge in [0.15, 0.2) is 0 Å². The van der Waals surface area contributed by atoms with Gasteiger partial charge in [-0.05, 0) is 6.42 Å². The lowest BCUT2D eigenvalue weighted by atomic mass is 10.2. The number of rotatable bonds is 2. The molecule has 2 saturated heterocycles. The summed E-state index contributed by atoms with van der Waals surface area (Å²) in [5.74, 6) is 0. The first-order chi connectivity index (χ1) is 6.40. The van der Waals surface area contributed by atoms with E-state index >= 15 is 0 Å². The summed E-state index contributed by atoms with van der Waals surface area (Å²) in [4.78, 5) is 4.69. The van der Waals surface area contributed by atoms with Crippen molar-refractivity contribution in [2.45, 2.75) is 12.6 Å². The van der Waals surface area contributed by atoms with E-state index < -0.39 is 0 Å². The van der Waals surface area contributed by atoms with E-state index in [2.05, 4.69) is 20.4 Å². The Balaban J connectivity index is 1.89. The topological polar surface area (TPSA) is 30.5 Å². The Morgan fingerprint density at radius 1 is 1.38 bits per heavy atom. The van der Waals surface area contributed by atoms with Crippen molar-refractivity contribution in [3.8, 4) is 0 Å². The lowest BCUT2D eigenvalue weighted by Gasteiger charge is -2.45. The maximum absolute atomic E-state index is 5.50. The second-order valence-corrected chi connectivity index (χ2v) is 3.69. The second kappa shape index (κ2) is 4.39. The van der Waals surface area contributed by atoms with Crippen molar-refractivity contribution >= 4 is 11.6 Å². The van der Waals surface area contributed by atoms with Gasteiger partial charge in [-0.2, -0.15) is 0 Å². The van der Waals surface area contributed by atoms with Crippen LogP contribution in [0.1, 0.15) is 6.42 Å². The van der Waals surface area contributed by atoms with Crippen molar-refractivity contribution in [2.75, 3.05) is 26.7 Å². The van der Waals surface area contributed by atoms with Crippen LogP contribution in [0.3, 0.4) is 0 Å². The lowest BCUT2D eigenvalue weighted by molar-refractivity contribution is -0.0302. The zero-order valence-electron chi connectivity index (χ0n) is 7.54. The highest BCUT2D eigenvalue weighted by atomic mass is 35.5. The molecular formula is C8H15ClN4. The average molecular weight is 203 g/mol. The molecule has 13 heavy (non-hydrogen) atoms. The van der Waals surface area contributed by atoms with E-state index in [0.717, 1.165) is 33.1 Å². The molecule has 0 amide bonds. The standard InChI is InChI=1S/C8H15ClN4/c9-3-1-2-8-11-6-12-4-10-5-13(8)7-12/h1,3,8,10-11H,2,4-7H2. The molecule has 0 spiro atoms. The molecule has 2 fully saturated rings. The van der Waals surface area contributed by atoms with Crippen LogP contribution in [0.25, 0.3) is 0 Å². The number of hydrogen-bond acceptors (Lipinski definition) is 4. The van der Waals surface area contributed by atoms with Gasteiger partial charge < -0.3 is 0 Å². The van der Waals surface area contributed by atoms with Crippen LogP contribution in [0.4, 0.5) is 0 Å². The highest BCUT2D eigenvalue weighted by Crippen LogP contribution is 2.10. The van der Waals surface area contributed by atoms with Gasteiger partial charge in [-0.3, -0.25) is 20.4 Å². The summed E-state index contributed by atoms with van der Waals surface area (Å²) in [6.45, 7) is 3.97. The van der Waals surface area contributed by atoms with Crippen LogP contribution in [-0.4, -0.2) is 42.6 Å². The Labute approximate surface area is 83.5 Å². The first-order valence-electron chi connectivity index (χ1n) is 4.56. The lowest BCUT2D eigenvalue weighted by Crippen LogP contribution is -2.66. The van der Waals surface area contributed by atoms with Crippen LogP contribution in [0.2, 0.25) is 0 Å². The molecule has 5 heteroatoms. The molecule has 2 aliphatic rings. The minimum absolute atomic E-state index is 0.430. The van der Waals surface area contributed by atoms with Gasteiger partial charge in [-0.25, -0.2) is 0 Å². The summed E-state index contributed by atoms with van der Waals surface area (Å²) in [5.41, 5.74) is 1.59. The molecule has 0 saturated carbocycles. The van der Waals surface area contributed by atoms with Crippen LogP contribution in [0.5, 0.6) is 0 Å². The van der Waals surface area contributed by atoms with E-state index in [4.69, 9.17) is 11.6 Å². The highest BCUT2D eigenvalue weighted by Gasteiger charge is 2.27. The van der Waals surface area contributed by atoms with Crippen molar-refractivity contribution < 1.29 is 0 Å². The predicted octanol–water partition coefficient (Wildman–Crippen LogP) is 0.0955. The second-order valence-electron chi connectivity index (χ2n) is 3.44. The van der Waals surface area contributed by atoms with Gasteiger partial charge in [-0.15, -0.1) is 0 Å². The fraction of sp³-hybridized carbons (Fsp3) is 0.750. The van der Waals surface area contributed by atoms with Gasteiger partial charge in [-0.1, -0.05) is 17.7 Å². The summed E-state index contributed by atoms with van der Waals surface area (Å²) in [7, 11) is 0. The molecule has 74 valence electrons. The first-order valence-corrected chi connectivity index (χ1v) is 4.99. The summed E-state index contributed by atoms with van der Waals surface area (Å²) in [5, 5.41) is 6.81. The normalized spacial score (nSPS) is 39.6. The van der Waals surface area contributed by atoms with Gasteiger partial charge in [0.05, 0.1) is 32.8 Å². The Morgan fingerprint density at radius 2 is 2.31 bits per heavy atom. The SMILES string of the molecule is ClC=CCC1NCN2CNCN1C2. The summed E-state index contributed by atoms with van der Waals surface area (Å²) in [6, 6.07) is 0. The smallest absolute Gasteiger partial charge is 0.0665 e. The highest BCUT2D eigenvalue weighted by molar-refractivity contribution is 6.25. The Bertz CT molecular complexity index is 197. The van der Waals surface area contributed by atoms with Crippen molar-refractivity contribution in [3.63, 3.8) is 0 Å². The molecule has 3 atom stereocenters. The van der Waals surface area contributed by atoms with Crippen molar-refractivity contribution in [2.24, 2.45) is 0 Å². The monoisotopic (exact) mass is 202 g/mol. The van der Waals surface area contributed by atoms with Crippen LogP contribution in [-0.2, 0) is 0 Å². The molecule has 0 radical (unpaired) electrons. The zero-order valence-corrected chi connectivity index (χ0v) is 8.30. The Kier molecular flexibility index (Phi) is 3.18. The third-order valence-corrected chi connectivity index (χ3v) is 2.65. The quantitative estimate of drug-likeness (QED) is 0.665. The average Bonchev–Trinajstić information content (AvgIpc) is 2.18. The van der Waals surface area contributed by atoms with Crippen molar-refractivity contribution in [1.82, 2.24) is 20.4 Å². The molecule has 2 N–H and O–H groups in total. The maximum Gasteiger partial charge on any atom is 0.0665 e. The largest absolute Gasteiger partial charge is 0.291 e. The van der Waals surface area contributed by atoms with Crippen LogP contribution in [0, 0.1) is 0 Å². The number of halogens is 1. The minimum Gasteiger partial charge on any atom is -0.291 e.